The number of nitriles is 1. The normalized spacial score (nSPS) is 14.9. The topological polar surface area (TPSA) is 104 Å². The number of aryl methyl sites for hydroxylation is 1. The minimum absolute atomic E-state index is 0.0541. The van der Waals surface area contributed by atoms with Crippen LogP contribution in [0.2, 0.25) is 0 Å². The van der Waals surface area contributed by atoms with Crippen LogP contribution in [-0.2, 0) is 10.0 Å². The molecular formula is C13H15N3O4S. The van der Waals surface area contributed by atoms with Crippen molar-refractivity contribution in [3.8, 4) is 6.07 Å². The van der Waals surface area contributed by atoms with E-state index in [1.807, 2.05) is 6.07 Å². The number of sulfonamides is 1. The van der Waals surface area contributed by atoms with Gasteiger partial charge in [0.05, 0.1) is 15.9 Å². The van der Waals surface area contributed by atoms with E-state index >= 15 is 0 Å². The molecule has 1 fully saturated rings. The van der Waals surface area contributed by atoms with Crippen molar-refractivity contribution in [2.45, 2.75) is 37.1 Å². The molecule has 0 aliphatic heterocycles. The van der Waals surface area contributed by atoms with Crippen molar-refractivity contribution in [2.24, 2.45) is 0 Å². The average molecular weight is 309 g/mol. The zero-order valence-corrected chi connectivity index (χ0v) is 12.3. The lowest BCUT2D eigenvalue weighted by molar-refractivity contribution is -0.385. The Morgan fingerprint density at radius 1 is 1.48 bits per heavy atom. The number of non-ortho nitro benzene ring substituents is 1. The highest BCUT2D eigenvalue weighted by atomic mass is 32.2. The summed E-state index contributed by atoms with van der Waals surface area (Å²) in [5.41, 5.74) is 0.207. The van der Waals surface area contributed by atoms with Gasteiger partial charge in [-0.25, -0.2) is 8.42 Å². The van der Waals surface area contributed by atoms with Crippen molar-refractivity contribution in [2.75, 3.05) is 6.54 Å². The lowest BCUT2D eigenvalue weighted by Gasteiger charge is -2.21. The van der Waals surface area contributed by atoms with E-state index in [2.05, 4.69) is 0 Å². The maximum Gasteiger partial charge on any atom is 0.270 e. The zero-order valence-electron chi connectivity index (χ0n) is 11.5. The summed E-state index contributed by atoms with van der Waals surface area (Å²) in [5.74, 6) is 0. The highest BCUT2D eigenvalue weighted by molar-refractivity contribution is 7.89. The molecule has 1 aromatic rings. The van der Waals surface area contributed by atoms with Crippen LogP contribution in [0.1, 0.15) is 24.8 Å². The fraction of sp³-hybridized carbons (Fsp3) is 0.462. The predicted molar refractivity (Wildman–Crippen MR) is 75.0 cm³/mol. The summed E-state index contributed by atoms with van der Waals surface area (Å²) in [5, 5.41) is 19.5. The number of rotatable bonds is 6. The quantitative estimate of drug-likeness (QED) is 0.590. The maximum atomic E-state index is 12.7. The van der Waals surface area contributed by atoms with E-state index in [0.29, 0.717) is 5.56 Å². The van der Waals surface area contributed by atoms with Gasteiger partial charge in [-0.1, -0.05) is 6.07 Å². The molecule has 2 rings (SSSR count). The lowest BCUT2D eigenvalue weighted by Crippen LogP contribution is -2.34. The molecule has 0 N–H and O–H groups in total. The van der Waals surface area contributed by atoms with Crippen LogP contribution in [0, 0.1) is 28.4 Å². The average Bonchev–Trinajstić information content (AvgIpc) is 3.23. The monoisotopic (exact) mass is 309 g/mol. The second-order valence-corrected chi connectivity index (χ2v) is 6.82. The molecule has 0 saturated heterocycles. The van der Waals surface area contributed by atoms with Crippen LogP contribution >= 0.6 is 0 Å². The summed E-state index contributed by atoms with van der Waals surface area (Å²) in [6, 6.07) is 5.64. The minimum atomic E-state index is -3.82. The highest BCUT2D eigenvalue weighted by Gasteiger charge is 2.38. The van der Waals surface area contributed by atoms with E-state index in [9.17, 15) is 18.5 Å². The predicted octanol–water partition coefficient (Wildman–Crippen LogP) is 1.97. The Labute approximate surface area is 123 Å². The molecule has 0 unspecified atom stereocenters. The zero-order chi connectivity index (χ0) is 15.6. The molecule has 0 amide bonds. The SMILES string of the molecule is Cc1ccc([N+](=O)[O-])cc1S(=O)(=O)N(CCC#N)C1CC1. The van der Waals surface area contributed by atoms with Crippen LogP contribution in [0.4, 0.5) is 5.69 Å². The Morgan fingerprint density at radius 2 is 2.14 bits per heavy atom. The van der Waals surface area contributed by atoms with Gasteiger partial charge in [0, 0.05) is 31.1 Å². The van der Waals surface area contributed by atoms with Crippen LogP contribution in [0.3, 0.4) is 0 Å². The number of nitrogens with zero attached hydrogens (tertiary/aromatic N) is 3. The van der Waals surface area contributed by atoms with Gasteiger partial charge < -0.3 is 0 Å². The number of hydrogen-bond acceptors (Lipinski definition) is 5. The van der Waals surface area contributed by atoms with Gasteiger partial charge in [-0.05, 0) is 25.3 Å². The summed E-state index contributed by atoms with van der Waals surface area (Å²) in [6.07, 6.45) is 1.63. The van der Waals surface area contributed by atoms with Crippen LogP contribution in [0.25, 0.3) is 0 Å². The molecule has 0 spiro atoms. The van der Waals surface area contributed by atoms with Crippen molar-refractivity contribution >= 4 is 15.7 Å². The molecule has 1 aliphatic carbocycles. The van der Waals surface area contributed by atoms with Crippen LogP contribution in [-0.4, -0.2) is 30.2 Å². The van der Waals surface area contributed by atoms with E-state index in [0.717, 1.165) is 18.9 Å². The Hall–Kier alpha value is -1.98. The van der Waals surface area contributed by atoms with E-state index in [4.69, 9.17) is 5.26 Å². The van der Waals surface area contributed by atoms with Crippen LogP contribution in [0.5, 0.6) is 0 Å². The molecule has 1 aromatic carbocycles. The lowest BCUT2D eigenvalue weighted by atomic mass is 10.2. The fourth-order valence-corrected chi connectivity index (χ4v) is 4.06. The molecule has 1 aliphatic rings. The summed E-state index contributed by atoms with van der Waals surface area (Å²) >= 11 is 0. The van der Waals surface area contributed by atoms with Crippen LogP contribution in [0.15, 0.2) is 23.1 Å². The van der Waals surface area contributed by atoms with Gasteiger partial charge in [0.25, 0.3) is 5.69 Å². The molecule has 1 saturated carbocycles. The Balaban J connectivity index is 2.44. The summed E-state index contributed by atoms with van der Waals surface area (Å²) in [7, 11) is -3.82. The second-order valence-electron chi connectivity index (χ2n) is 4.96. The van der Waals surface area contributed by atoms with Crippen molar-refractivity contribution in [3.05, 3.63) is 33.9 Å². The second kappa shape index (κ2) is 5.79. The van der Waals surface area contributed by atoms with Gasteiger partial charge >= 0.3 is 0 Å². The summed E-state index contributed by atoms with van der Waals surface area (Å²) in [6.45, 7) is 1.72. The maximum absolute atomic E-state index is 12.7. The fourth-order valence-electron chi connectivity index (χ4n) is 2.13. The van der Waals surface area contributed by atoms with E-state index in [-0.39, 0.29) is 29.6 Å². The van der Waals surface area contributed by atoms with Crippen molar-refractivity contribution in [1.29, 1.82) is 5.26 Å². The number of hydrogen-bond donors (Lipinski definition) is 0. The molecule has 0 radical (unpaired) electrons. The van der Waals surface area contributed by atoms with Gasteiger partial charge in [-0.3, -0.25) is 10.1 Å². The standard InChI is InChI=1S/C13H15N3O4S/c1-10-3-4-12(16(17)18)9-13(10)21(19,20)15(8-2-7-14)11-5-6-11/h3-4,9,11H,2,5-6,8H2,1H3. The van der Waals surface area contributed by atoms with Gasteiger partial charge in [0.15, 0.2) is 0 Å². The Kier molecular flexibility index (Phi) is 4.25. The van der Waals surface area contributed by atoms with Crippen molar-refractivity contribution in [3.63, 3.8) is 0 Å². The summed E-state index contributed by atoms with van der Waals surface area (Å²) in [4.78, 5) is 10.2. The number of nitro groups is 1. The first-order chi connectivity index (χ1) is 9.87. The van der Waals surface area contributed by atoms with Gasteiger partial charge in [-0.2, -0.15) is 9.57 Å². The number of benzene rings is 1. The largest absolute Gasteiger partial charge is 0.270 e. The third-order valence-corrected chi connectivity index (χ3v) is 5.46. The first-order valence-corrected chi connectivity index (χ1v) is 7.95. The van der Waals surface area contributed by atoms with Crippen molar-refractivity contribution < 1.29 is 13.3 Å². The van der Waals surface area contributed by atoms with E-state index in [1.165, 1.54) is 16.4 Å². The molecule has 0 aromatic heterocycles. The molecule has 0 atom stereocenters. The Bertz CT molecular complexity index is 705. The van der Waals surface area contributed by atoms with E-state index in [1.54, 1.807) is 6.92 Å². The number of nitro benzene ring substituents is 1. The molecule has 0 heterocycles. The molecule has 21 heavy (non-hydrogen) atoms. The van der Waals surface area contributed by atoms with Gasteiger partial charge in [0.2, 0.25) is 10.0 Å². The third kappa shape index (κ3) is 3.20. The third-order valence-electron chi connectivity index (χ3n) is 3.37. The van der Waals surface area contributed by atoms with E-state index < -0.39 is 14.9 Å². The van der Waals surface area contributed by atoms with Crippen molar-refractivity contribution in [1.82, 2.24) is 4.31 Å². The molecule has 0 bridgehead atoms. The smallest absolute Gasteiger partial charge is 0.258 e. The minimum Gasteiger partial charge on any atom is -0.258 e. The van der Waals surface area contributed by atoms with Crippen LogP contribution < -0.4 is 0 Å². The Morgan fingerprint density at radius 3 is 2.67 bits per heavy atom. The van der Waals surface area contributed by atoms with Gasteiger partial charge in [-0.15, -0.1) is 0 Å². The molecule has 112 valence electrons. The first kappa shape index (κ1) is 15.4. The molecular weight excluding hydrogens is 294 g/mol. The summed E-state index contributed by atoms with van der Waals surface area (Å²) < 4.78 is 26.7. The van der Waals surface area contributed by atoms with Gasteiger partial charge in [0.1, 0.15) is 0 Å². The first-order valence-electron chi connectivity index (χ1n) is 6.51. The molecule has 7 nitrogen and oxygen atoms in total. The highest BCUT2D eigenvalue weighted by Crippen LogP contribution is 2.34. The molecule has 8 heteroatoms.